The number of carbonyl (C=O) groups excluding carboxylic acids is 2. The van der Waals surface area contributed by atoms with Gasteiger partial charge in [0.1, 0.15) is 0 Å². The fourth-order valence-electron chi connectivity index (χ4n) is 0.272. The molecule has 0 aromatic carbocycles. The van der Waals surface area contributed by atoms with Crippen molar-refractivity contribution in [1.82, 2.24) is 0 Å². The first-order valence-electron chi connectivity index (χ1n) is 3.22. The van der Waals surface area contributed by atoms with Gasteiger partial charge in [-0.3, -0.25) is 0 Å². The molecule has 0 aliphatic heterocycles. The van der Waals surface area contributed by atoms with Crippen molar-refractivity contribution in [3.8, 4) is 0 Å². The molecule has 13 heavy (non-hydrogen) atoms. The van der Waals surface area contributed by atoms with Crippen LogP contribution < -0.4 is 10.2 Å². The van der Waals surface area contributed by atoms with Crippen molar-refractivity contribution < 1.29 is 19.8 Å². The van der Waals surface area contributed by atoms with Gasteiger partial charge in [-0.25, -0.2) is 0 Å². The van der Waals surface area contributed by atoms with Crippen molar-refractivity contribution in [3.05, 3.63) is 24.3 Å². The molecule has 0 N–H and O–H groups in total. The van der Waals surface area contributed by atoms with E-state index < -0.39 is 11.9 Å². The second-order valence-corrected chi connectivity index (χ2v) is 1.64. The second-order valence-electron chi connectivity index (χ2n) is 1.64. The first kappa shape index (κ1) is 18.5. The summed E-state index contributed by atoms with van der Waals surface area (Å²) in [6.07, 6.45) is 4.77. The third kappa shape index (κ3) is 33.9. The van der Waals surface area contributed by atoms with E-state index in [9.17, 15) is 19.8 Å². The van der Waals surface area contributed by atoms with Crippen LogP contribution in [0.5, 0.6) is 0 Å². The van der Waals surface area contributed by atoms with Crippen LogP contribution in [0.2, 0.25) is 0 Å². The number of carbonyl (C=O) groups is 2. The zero-order valence-electron chi connectivity index (χ0n) is 7.65. The summed E-state index contributed by atoms with van der Waals surface area (Å²) < 4.78 is 0. The Kier molecular flexibility index (Phi) is 20.2. The summed E-state index contributed by atoms with van der Waals surface area (Å²) in [6.45, 7) is 3.24. The average Bonchev–Trinajstić information content (AvgIpc) is 1.87. The summed E-state index contributed by atoms with van der Waals surface area (Å²) in [4.78, 5) is 18.8. The van der Waals surface area contributed by atoms with Gasteiger partial charge in [-0.2, -0.15) is 0 Å². The molecular weight excluding hydrogens is 200 g/mol. The average molecular weight is 210 g/mol. The van der Waals surface area contributed by atoms with E-state index in [-0.39, 0.29) is 37.7 Å². The summed E-state index contributed by atoms with van der Waals surface area (Å²) in [7, 11) is 0. The molecule has 0 radical (unpaired) electrons. The van der Waals surface area contributed by atoms with Gasteiger partial charge >= 0.3 is 37.7 Å². The molecule has 0 unspecified atom stereocenters. The number of carboxylic acids is 2. The molecular formula is C8H10CaO4. The molecule has 0 saturated carbocycles. The largest absolute Gasteiger partial charge is 2.00 e. The van der Waals surface area contributed by atoms with E-state index in [2.05, 4.69) is 0 Å². The summed E-state index contributed by atoms with van der Waals surface area (Å²) in [6, 6.07) is 0. The fourth-order valence-corrected chi connectivity index (χ4v) is 0.272. The first-order valence-corrected chi connectivity index (χ1v) is 3.22. The van der Waals surface area contributed by atoms with Gasteiger partial charge in [-0.1, -0.05) is 12.2 Å². The molecule has 0 spiro atoms. The summed E-state index contributed by atoms with van der Waals surface area (Å²) in [5, 5.41) is 18.8. The maximum atomic E-state index is 9.40. The van der Waals surface area contributed by atoms with Crippen LogP contribution in [0.25, 0.3) is 0 Å². The smallest absolute Gasteiger partial charge is 0.545 e. The van der Waals surface area contributed by atoms with E-state index in [1.165, 1.54) is 12.2 Å². The Morgan fingerprint density at radius 2 is 1.15 bits per heavy atom. The number of rotatable bonds is 2. The van der Waals surface area contributed by atoms with Crippen molar-refractivity contribution in [3.63, 3.8) is 0 Å². The third-order valence-electron chi connectivity index (χ3n) is 0.605. The zero-order valence-corrected chi connectivity index (χ0v) is 9.86. The second kappa shape index (κ2) is 14.2. The van der Waals surface area contributed by atoms with E-state index in [0.717, 1.165) is 12.2 Å². The summed E-state index contributed by atoms with van der Waals surface area (Å²) in [5.41, 5.74) is 0. The van der Waals surface area contributed by atoms with Gasteiger partial charge in [-0.15, -0.1) is 0 Å². The van der Waals surface area contributed by atoms with E-state index in [0.29, 0.717) is 0 Å². The van der Waals surface area contributed by atoms with Gasteiger partial charge in [0, 0.05) is 0 Å². The Bertz CT molecular complexity index is 174. The number of hydrogen-bond donors (Lipinski definition) is 0. The van der Waals surface area contributed by atoms with Crippen LogP contribution in [0.15, 0.2) is 24.3 Å². The van der Waals surface area contributed by atoms with Gasteiger partial charge in [0.2, 0.25) is 0 Å². The predicted molar refractivity (Wildman–Crippen MR) is 45.4 cm³/mol. The molecule has 0 atom stereocenters. The quantitative estimate of drug-likeness (QED) is 0.399. The number of hydrogen-bond acceptors (Lipinski definition) is 4. The monoisotopic (exact) mass is 210 g/mol. The minimum absolute atomic E-state index is 0. The molecule has 0 amide bonds. The van der Waals surface area contributed by atoms with E-state index in [4.69, 9.17) is 0 Å². The van der Waals surface area contributed by atoms with Crippen molar-refractivity contribution in [1.29, 1.82) is 0 Å². The van der Waals surface area contributed by atoms with Crippen LogP contribution in [-0.4, -0.2) is 49.7 Å². The Morgan fingerprint density at radius 3 is 1.15 bits per heavy atom. The molecule has 0 heterocycles. The van der Waals surface area contributed by atoms with E-state index >= 15 is 0 Å². The van der Waals surface area contributed by atoms with Crippen molar-refractivity contribution in [2.75, 3.05) is 0 Å². The van der Waals surface area contributed by atoms with Gasteiger partial charge < -0.3 is 19.8 Å². The number of carboxylic acid groups (broad SMARTS) is 2. The number of aliphatic carboxylic acids is 2. The van der Waals surface area contributed by atoms with Gasteiger partial charge in [-0.05, 0) is 26.0 Å². The van der Waals surface area contributed by atoms with Crippen molar-refractivity contribution in [2.24, 2.45) is 0 Å². The molecule has 0 bridgehead atoms. The third-order valence-corrected chi connectivity index (χ3v) is 0.605. The van der Waals surface area contributed by atoms with E-state index in [1.54, 1.807) is 13.8 Å². The van der Waals surface area contributed by atoms with Crippen LogP contribution in [0.3, 0.4) is 0 Å². The topological polar surface area (TPSA) is 80.3 Å². The van der Waals surface area contributed by atoms with Gasteiger partial charge in [0.25, 0.3) is 0 Å². The maximum absolute atomic E-state index is 9.40. The summed E-state index contributed by atoms with van der Waals surface area (Å²) >= 11 is 0. The van der Waals surface area contributed by atoms with Crippen LogP contribution in [0, 0.1) is 0 Å². The Balaban J connectivity index is -0.000000143. The van der Waals surface area contributed by atoms with Gasteiger partial charge in [0.15, 0.2) is 0 Å². The molecule has 5 heteroatoms. The molecule has 0 rings (SSSR count). The fraction of sp³-hybridized carbons (Fsp3) is 0.250. The van der Waals surface area contributed by atoms with Crippen molar-refractivity contribution in [2.45, 2.75) is 13.8 Å². The Hall–Kier alpha value is -0.320. The first-order chi connectivity index (χ1) is 5.54. The molecule has 0 fully saturated rings. The SMILES string of the molecule is C/C=C/C(=O)[O-].C/C=C/C(=O)[O-].[Ca+2]. The molecule has 68 valence electrons. The van der Waals surface area contributed by atoms with Crippen LogP contribution >= 0.6 is 0 Å². The van der Waals surface area contributed by atoms with E-state index in [1.807, 2.05) is 0 Å². The minimum atomic E-state index is -1.14. The van der Waals surface area contributed by atoms with Crippen molar-refractivity contribution >= 4 is 49.7 Å². The summed E-state index contributed by atoms with van der Waals surface area (Å²) in [5.74, 6) is -2.28. The predicted octanol–water partition coefficient (Wildman–Crippen LogP) is -1.76. The molecule has 0 aromatic heterocycles. The van der Waals surface area contributed by atoms with Crippen LogP contribution in [0.4, 0.5) is 0 Å². The Morgan fingerprint density at radius 1 is 0.923 bits per heavy atom. The Labute approximate surface area is 107 Å². The maximum Gasteiger partial charge on any atom is 2.00 e. The molecule has 0 aliphatic carbocycles. The zero-order chi connectivity index (χ0) is 9.98. The molecule has 0 aliphatic rings. The van der Waals surface area contributed by atoms with Crippen LogP contribution in [-0.2, 0) is 9.59 Å². The standard InChI is InChI=1S/2C4H6O2.Ca/c2*1-2-3-4(5)6;/h2*2-3H,1H3,(H,5,6);/q;;+2/p-2/b2*3-2+;. The normalized spacial score (nSPS) is 8.77. The number of allylic oxidation sites excluding steroid dienone is 2. The molecule has 0 saturated heterocycles. The minimum Gasteiger partial charge on any atom is -0.545 e. The molecule has 0 aromatic rings. The molecule has 4 nitrogen and oxygen atoms in total. The van der Waals surface area contributed by atoms with Gasteiger partial charge in [0.05, 0.1) is 11.9 Å². The van der Waals surface area contributed by atoms with Crippen LogP contribution in [0.1, 0.15) is 13.8 Å².